The van der Waals surface area contributed by atoms with Crippen LogP contribution < -0.4 is 5.73 Å². The summed E-state index contributed by atoms with van der Waals surface area (Å²) in [4.78, 5) is 28.9. The highest BCUT2D eigenvalue weighted by Crippen LogP contribution is 2.15. The summed E-state index contributed by atoms with van der Waals surface area (Å²) in [5.41, 5.74) is 6.00. The van der Waals surface area contributed by atoms with Gasteiger partial charge in [0.05, 0.1) is 10.9 Å². The lowest BCUT2D eigenvalue weighted by Crippen LogP contribution is -2.55. The van der Waals surface area contributed by atoms with Crippen molar-refractivity contribution in [3.63, 3.8) is 0 Å². The molecular formula is C15H23N3O2S. The summed E-state index contributed by atoms with van der Waals surface area (Å²) in [6.07, 6.45) is 0.893. The van der Waals surface area contributed by atoms with E-state index in [0.717, 1.165) is 11.3 Å². The lowest BCUT2D eigenvalue weighted by Gasteiger charge is -2.36. The molecule has 1 saturated heterocycles. The lowest BCUT2D eigenvalue weighted by atomic mass is 9.98. The SMILES string of the molecule is CCC(C)C(N)C(=O)N1CCN(C(=O)c2cccs2)CC1. The minimum atomic E-state index is -0.436. The molecule has 0 spiro atoms. The van der Waals surface area contributed by atoms with Gasteiger partial charge in [-0.1, -0.05) is 26.3 Å². The molecule has 0 saturated carbocycles. The van der Waals surface area contributed by atoms with E-state index in [1.165, 1.54) is 11.3 Å². The monoisotopic (exact) mass is 309 g/mol. The zero-order valence-corrected chi connectivity index (χ0v) is 13.4. The van der Waals surface area contributed by atoms with E-state index >= 15 is 0 Å². The first kappa shape index (κ1) is 16.0. The highest BCUT2D eigenvalue weighted by molar-refractivity contribution is 7.12. The molecule has 2 amide bonds. The summed E-state index contributed by atoms with van der Waals surface area (Å²) in [6, 6.07) is 3.28. The first-order valence-electron chi connectivity index (χ1n) is 7.41. The minimum Gasteiger partial charge on any atom is -0.338 e. The second-order valence-electron chi connectivity index (χ2n) is 5.51. The normalized spacial score (nSPS) is 18.4. The molecule has 2 atom stereocenters. The standard InChI is InChI=1S/C15H23N3O2S/c1-3-11(2)13(16)15(20)18-8-6-17(7-9-18)14(19)12-5-4-10-21-12/h4-5,10-11,13H,3,6-9,16H2,1-2H3. The van der Waals surface area contributed by atoms with Gasteiger partial charge >= 0.3 is 0 Å². The van der Waals surface area contributed by atoms with Gasteiger partial charge in [0.1, 0.15) is 0 Å². The van der Waals surface area contributed by atoms with Gasteiger partial charge in [-0.05, 0) is 17.4 Å². The van der Waals surface area contributed by atoms with Gasteiger partial charge in [-0.15, -0.1) is 11.3 Å². The van der Waals surface area contributed by atoms with E-state index in [2.05, 4.69) is 0 Å². The summed E-state index contributed by atoms with van der Waals surface area (Å²) in [7, 11) is 0. The number of amides is 2. The molecule has 0 aliphatic carbocycles. The fourth-order valence-electron chi connectivity index (χ4n) is 2.39. The molecule has 1 aromatic heterocycles. The zero-order chi connectivity index (χ0) is 15.4. The molecule has 1 aromatic rings. The third-order valence-electron chi connectivity index (χ3n) is 4.15. The predicted octanol–water partition coefficient (Wildman–Crippen LogP) is 1.41. The van der Waals surface area contributed by atoms with Crippen LogP contribution in [0.25, 0.3) is 0 Å². The Kier molecular flexibility index (Phi) is 5.36. The Bertz CT molecular complexity index is 481. The molecule has 21 heavy (non-hydrogen) atoms. The van der Waals surface area contributed by atoms with Crippen molar-refractivity contribution in [1.29, 1.82) is 0 Å². The van der Waals surface area contributed by atoms with Crippen molar-refractivity contribution in [3.05, 3.63) is 22.4 Å². The highest BCUT2D eigenvalue weighted by Gasteiger charge is 2.29. The molecule has 1 aliphatic heterocycles. The first-order chi connectivity index (χ1) is 10.0. The predicted molar refractivity (Wildman–Crippen MR) is 84.2 cm³/mol. The molecule has 6 heteroatoms. The average molecular weight is 309 g/mol. The van der Waals surface area contributed by atoms with Crippen LogP contribution in [0.3, 0.4) is 0 Å². The number of nitrogens with zero attached hydrogens (tertiary/aromatic N) is 2. The molecule has 2 heterocycles. The largest absolute Gasteiger partial charge is 0.338 e. The van der Waals surface area contributed by atoms with Crippen LogP contribution in [0, 0.1) is 5.92 Å². The number of hydrogen-bond acceptors (Lipinski definition) is 4. The van der Waals surface area contributed by atoms with Crippen LogP contribution in [0.5, 0.6) is 0 Å². The van der Waals surface area contributed by atoms with E-state index < -0.39 is 6.04 Å². The van der Waals surface area contributed by atoms with Crippen LogP contribution in [0.2, 0.25) is 0 Å². The van der Waals surface area contributed by atoms with Gasteiger partial charge < -0.3 is 15.5 Å². The van der Waals surface area contributed by atoms with E-state index in [1.807, 2.05) is 36.3 Å². The maximum Gasteiger partial charge on any atom is 0.264 e. The zero-order valence-electron chi connectivity index (χ0n) is 12.6. The van der Waals surface area contributed by atoms with Crippen molar-refractivity contribution in [2.24, 2.45) is 11.7 Å². The molecule has 5 nitrogen and oxygen atoms in total. The Morgan fingerprint density at radius 1 is 1.29 bits per heavy atom. The van der Waals surface area contributed by atoms with Crippen molar-refractivity contribution < 1.29 is 9.59 Å². The molecule has 0 radical (unpaired) electrons. The maximum atomic E-state index is 12.3. The molecule has 0 aromatic carbocycles. The van der Waals surface area contributed by atoms with Crippen LogP contribution >= 0.6 is 11.3 Å². The Morgan fingerprint density at radius 3 is 2.43 bits per heavy atom. The Balaban J connectivity index is 1.88. The van der Waals surface area contributed by atoms with Gasteiger partial charge in [-0.3, -0.25) is 9.59 Å². The van der Waals surface area contributed by atoms with Gasteiger partial charge in [0.15, 0.2) is 0 Å². The van der Waals surface area contributed by atoms with Crippen LogP contribution in [-0.2, 0) is 4.79 Å². The summed E-state index contributed by atoms with van der Waals surface area (Å²) in [5.74, 6) is 0.249. The summed E-state index contributed by atoms with van der Waals surface area (Å²) >= 11 is 1.45. The van der Waals surface area contributed by atoms with Crippen molar-refractivity contribution >= 4 is 23.2 Å². The van der Waals surface area contributed by atoms with E-state index in [1.54, 1.807) is 4.90 Å². The number of carbonyl (C=O) groups is 2. The van der Waals surface area contributed by atoms with Gasteiger partial charge in [0.25, 0.3) is 5.91 Å². The number of nitrogens with two attached hydrogens (primary N) is 1. The number of rotatable bonds is 4. The summed E-state index contributed by atoms with van der Waals surface area (Å²) < 4.78 is 0. The van der Waals surface area contributed by atoms with E-state index in [9.17, 15) is 9.59 Å². The third-order valence-corrected chi connectivity index (χ3v) is 5.01. The molecule has 1 aliphatic rings. The van der Waals surface area contributed by atoms with Gasteiger partial charge in [-0.25, -0.2) is 0 Å². The molecule has 2 rings (SSSR count). The van der Waals surface area contributed by atoms with Crippen LogP contribution in [-0.4, -0.2) is 53.8 Å². The van der Waals surface area contributed by atoms with E-state index in [0.29, 0.717) is 26.2 Å². The van der Waals surface area contributed by atoms with Gasteiger partial charge in [-0.2, -0.15) is 0 Å². The van der Waals surface area contributed by atoms with Crippen molar-refractivity contribution in [2.75, 3.05) is 26.2 Å². The number of thiophene rings is 1. The second-order valence-corrected chi connectivity index (χ2v) is 6.45. The van der Waals surface area contributed by atoms with Crippen LogP contribution in [0.1, 0.15) is 29.9 Å². The third kappa shape index (κ3) is 3.63. The Morgan fingerprint density at radius 2 is 1.90 bits per heavy atom. The van der Waals surface area contributed by atoms with Crippen molar-refractivity contribution in [2.45, 2.75) is 26.3 Å². The van der Waals surface area contributed by atoms with E-state index in [4.69, 9.17) is 5.73 Å². The topological polar surface area (TPSA) is 66.6 Å². The second kappa shape index (κ2) is 7.04. The smallest absolute Gasteiger partial charge is 0.264 e. The molecular weight excluding hydrogens is 286 g/mol. The van der Waals surface area contributed by atoms with Crippen LogP contribution in [0.4, 0.5) is 0 Å². The molecule has 2 unspecified atom stereocenters. The number of hydrogen-bond donors (Lipinski definition) is 1. The molecule has 116 valence electrons. The molecule has 2 N–H and O–H groups in total. The Labute approximate surface area is 129 Å². The fraction of sp³-hybridized carbons (Fsp3) is 0.600. The maximum absolute atomic E-state index is 12.3. The quantitative estimate of drug-likeness (QED) is 0.914. The molecule has 1 fully saturated rings. The molecule has 0 bridgehead atoms. The fourth-order valence-corrected chi connectivity index (χ4v) is 3.08. The summed E-state index contributed by atoms with van der Waals surface area (Å²) in [6.45, 7) is 6.33. The number of carbonyl (C=O) groups excluding carboxylic acids is 2. The minimum absolute atomic E-state index is 0.00701. The van der Waals surface area contributed by atoms with Crippen molar-refractivity contribution in [1.82, 2.24) is 9.80 Å². The Hall–Kier alpha value is -1.40. The van der Waals surface area contributed by atoms with E-state index in [-0.39, 0.29) is 17.7 Å². The van der Waals surface area contributed by atoms with Crippen molar-refractivity contribution in [3.8, 4) is 0 Å². The lowest BCUT2D eigenvalue weighted by molar-refractivity contribution is -0.135. The van der Waals surface area contributed by atoms with Gasteiger partial charge in [0, 0.05) is 26.2 Å². The average Bonchev–Trinajstić information content (AvgIpc) is 3.06. The van der Waals surface area contributed by atoms with Crippen LogP contribution in [0.15, 0.2) is 17.5 Å². The number of piperazine rings is 1. The highest BCUT2D eigenvalue weighted by atomic mass is 32.1. The summed E-state index contributed by atoms with van der Waals surface area (Å²) in [5, 5.41) is 1.90. The van der Waals surface area contributed by atoms with Gasteiger partial charge in [0.2, 0.25) is 5.91 Å². The first-order valence-corrected chi connectivity index (χ1v) is 8.29.